The Morgan fingerprint density at radius 3 is 2.50 bits per heavy atom. The predicted octanol–water partition coefficient (Wildman–Crippen LogP) is 3.36. The number of fused-ring (bicyclic) bond motifs is 1. The summed E-state index contributed by atoms with van der Waals surface area (Å²) in [5.74, 6) is -1.17. The minimum Gasteiger partial charge on any atom is -0.465 e. The average Bonchev–Trinajstić information content (AvgIpc) is 3.48. The van der Waals surface area contributed by atoms with Crippen molar-refractivity contribution >= 4 is 33.1 Å². The van der Waals surface area contributed by atoms with Crippen molar-refractivity contribution < 1.29 is 22.7 Å². The molecule has 7 nitrogen and oxygen atoms in total. The monoisotopic (exact) mass is 456 g/mol. The highest BCUT2D eigenvalue weighted by Crippen LogP contribution is 2.31. The first-order valence-electron chi connectivity index (χ1n) is 11.0. The molecule has 1 heterocycles. The molecular formula is C24H28N2O5S. The van der Waals surface area contributed by atoms with Gasteiger partial charge >= 0.3 is 5.97 Å². The van der Waals surface area contributed by atoms with Gasteiger partial charge in [-0.05, 0) is 73.6 Å². The molecule has 32 heavy (non-hydrogen) atoms. The fourth-order valence-electron chi connectivity index (χ4n) is 4.41. The second kappa shape index (κ2) is 9.32. The lowest BCUT2D eigenvalue weighted by molar-refractivity contribution is -0.115. The van der Waals surface area contributed by atoms with Gasteiger partial charge in [0.1, 0.15) is 0 Å². The number of sulfone groups is 1. The van der Waals surface area contributed by atoms with Crippen LogP contribution in [0.15, 0.2) is 41.3 Å². The van der Waals surface area contributed by atoms with Crippen LogP contribution in [-0.2, 0) is 32.2 Å². The molecule has 0 radical (unpaired) electrons. The number of methoxy groups -OCH3 is 1. The van der Waals surface area contributed by atoms with Crippen molar-refractivity contribution in [1.29, 1.82) is 0 Å². The average molecular weight is 457 g/mol. The third-order valence-electron chi connectivity index (χ3n) is 6.17. The predicted molar refractivity (Wildman–Crippen MR) is 123 cm³/mol. The topological polar surface area (TPSA) is 92.8 Å². The van der Waals surface area contributed by atoms with Crippen molar-refractivity contribution in [2.45, 2.75) is 43.4 Å². The number of ether oxygens (including phenoxy) is 1. The molecule has 0 saturated carbocycles. The van der Waals surface area contributed by atoms with Crippen LogP contribution in [-0.4, -0.2) is 46.2 Å². The molecule has 0 aromatic heterocycles. The van der Waals surface area contributed by atoms with E-state index >= 15 is 0 Å². The molecule has 1 aliphatic carbocycles. The van der Waals surface area contributed by atoms with Gasteiger partial charge < -0.3 is 15.0 Å². The van der Waals surface area contributed by atoms with Gasteiger partial charge in [0.2, 0.25) is 5.91 Å². The fourth-order valence-corrected chi connectivity index (χ4v) is 5.70. The van der Waals surface area contributed by atoms with Gasteiger partial charge in [-0.25, -0.2) is 13.2 Å². The van der Waals surface area contributed by atoms with E-state index in [0.29, 0.717) is 11.3 Å². The maximum Gasteiger partial charge on any atom is 0.337 e. The number of nitrogens with zero attached hydrogens (tertiary/aromatic N) is 1. The lowest BCUT2D eigenvalue weighted by atomic mass is 10.1. The summed E-state index contributed by atoms with van der Waals surface area (Å²) in [6.07, 6.45) is 4.89. The van der Waals surface area contributed by atoms with Gasteiger partial charge in [-0.15, -0.1) is 0 Å². The second-order valence-electron chi connectivity index (χ2n) is 8.32. The zero-order valence-electron chi connectivity index (χ0n) is 18.2. The highest BCUT2D eigenvalue weighted by Gasteiger charge is 2.22. The van der Waals surface area contributed by atoms with E-state index in [-0.39, 0.29) is 17.1 Å². The third kappa shape index (κ3) is 4.80. The van der Waals surface area contributed by atoms with Crippen LogP contribution >= 0.6 is 0 Å². The maximum atomic E-state index is 12.8. The molecule has 2 aromatic rings. The highest BCUT2D eigenvalue weighted by atomic mass is 32.2. The number of nitrogens with one attached hydrogen (secondary N) is 1. The number of rotatable bonds is 7. The molecule has 2 aromatic carbocycles. The smallest absolute Gasteiger partial charge is 0.337 e. The molecule has 0 bridgehead atoms. The van der Waals surface area contributed by atoms with Gasteiger partial charge in [0, 0.05) is 19.5 Å². The van der Waals surface area contributed by atoms with E-state index in [2.05, 4.69) is 10.2 Å². The first kappa shape index (κ1) is 22.3. The van der Waals surface area contributed by atoms with E-state index in [0.717, 1.165) is 56.4 Å². The van der Waals surface area contributed by atoms with E-state index in [4.69, 9.17) is 4.74 Å². The van der Waals surface area contributed by atoms with Crippen molar-refractivity contribution in [2.75, 3.05) is 36.2 Å². The van der Waals surface area contributed by atoms with Crippen molar-refractivity contribution in [3.05, 3.63) is 53.1 Å². The Hall–Kier alpha value is -2.87. The molecule has 2 aliphatic rings. The van der Waals surface area contributed by atoms with Crippen LogP contribution in [0.5, 0.6) is 0 Å². The minimum absolute atomic E-state index is 0.165. The van der Waals surface area contributed by atoms with E-state index in [1.165, 1.54) is 12.7 Å². The van der Waals surface area contributed by atoms with Gasteiger partial charge in [-0.3, -0.25) is 4.79 Å². The molecule has 1 fully saturated rings. The van der Waals surface area contributed by atoms with Gasteiger partial charge in [-0.2, -0.15) is 0 Å². The lowest BCUT2D eigenvalue weighted by Gasteiger charge is -2.22. The number of esters is 1. The molecule has 4 rings (SSSR count). The number of carbonyl (C=O) groups is 2. The maximum absolute atomic E-state index is 12.8. The second-order valence-corrected chi connectivity index (χ2v) is 10.4. The van der Waals surface area contributed by atoms with Crippen LogP contribution in [0.25, 0.3) is 0 Å². The molecule has 1 N–H and O–H groups in total. The van der Waals surface area contributed by atoms with Gasteiger partial charge in [0.15, 0.2) is 9.84 Å². The number of benzene rings is 2. The Morgan fingerprint density at radius 1 is 1.00 bits per heavy atom. The number of anilines is 2. The normalized spacial score (nSPS) is 15.5. The molecule has 170 valence electrons. The first-order valence-corrected chi connectivity index (χ1v) is 12.6. The van der Waals surface area contributed by atoms with Crippen LogP contribution in [0.1, 0.15) is 47.2 Å². The molecule has 1 saturated heterocycles. The molecule has 1 aliphatic heterocycles. The van der Waals surface area contributed by atoms with Crippen LogP contribution in [0.3, 0.4) is 0 Å². The Morgan fingerprint density at radius 2 is 1.75 bits per heavy atom. The number of hydrogen-bond donors (Lipinski definition) is 1. The molecule has 8 heteroatoms. The molecule has 0 atom stereocenters. The van der Waals surface area contributed by atoms with Crippen molar-refractivity contribution in [3.63, 3.8) is 0 Å². The standard InChI is InChI=1S/C24H28N2O5S/c1-31-24(28)19-8-10-22(26-12-2-3-13-26)21(16-19)25-23(27)11-14-32(29,30)20-9-7-17-5-4-6-18(17)15-20/h7-10,15-16H,2-6,11-14H2,1H3,(H,25,27). The van der Waals surface area contributed by atoms with Gasteiger partial charge in [0.05, 0.1) is 34.7 Å². The quantitative estimate of drug-likeness (QED) is 0.642. The van der Waals surface area contributed by atoms with E-state index < -0.39 is 21.7 Å². The third-order valence-corrected chi connectivity index (χ3v) is 7.88. The van der Waals surface area contributed by atoms with Crippen molar-refractivity contribution in [3.8, 4) is 0 Å². The summed E-state index contributed by atoms with van der Waals surface area (Å²) < 4.78 is 30.4. The van der Waals surface area contributed by atoms with Crippen LogP contribution in [0, 0.1) is 0 Å². The number of hydrogen-bond acceptors (Lipinski definition) is 6. The summed E-state index contributed by atoms with van der Waals surface area (Å²) in [6, 6.07) is 10.3. The number of carbonyl (C=O) groups excluding carboxylic acids is 2. The zero-order chi connectivity index (χ0) is 22.7. The lowest BCUT2D eigenvalue weighted by Crippen LogP contribution is -2.23. The Bertz CT molecular complexity index is 1140. The molecule has 0 unspecified atom stereocenters. The highest BCUT2D eigenvalue weighted by molar-refractivity contribution is 7.91. The summed E-state index contributed by atoms with van der Waals surface area (Å²) in [5, 5.41) is 2.82. The molecule has 0 spiro atoms. The SMILES string of the molecule is COC(=O)c1ccc(N2CCCC2)c(NC(=O)CCS(=O)(=O)c2ccc3c(c2)CCC3)c1. The summed E-state index contributed by atoms with van der Waals surface area (Å²) in [5.41, 5.74) is 3.95. The summed E-state index contributed by atoms with van der Waals surface area (Å²) in [4.78, 5) is 27.1. The Balaban J connectivity index is 1.47. The Kier molecular flexibility index (Phi) is 6.50. The summed E-state index contributed by atoms with van der Waals surface area (Å²) in [7, 11) is -2.26. The Labute approximate surface area is 188 Å². The van der Waals surface area contributed by atoms with E-state index in [1.807, 2.05) is 6.07 Å². The van der Waals surface area contributed by atoms with Crippen molar-refractivity contribution in [2.24, 2.45) is 0 Å². The fraction of sp³-hybridized carbons (Fsp3) is 0.417. The van der Waals surface area contributed by atoms with E-state index in [1.54, 1.807) is 30.3 Å². The largest absolute Gasteiger partial charge is 0.465 e. The molecular weight excluding hydrogens is 428 g/mol. The van der Waals surface area contributed by atoms with Crippen molar-refractivity contribution in [1.82, 2.24) is 0 Å². The first-order chi connectivity index (χ1) is 15.4. The van der Waals surface area contributed by atoms with Crippen LogP contribution in [0.2, 0.25) is 0 Å². The van der Waals surface area contributed by atoms with Crippen LogP contribution in [0.4, 0.5) is 11.4 Å². The van der Waals surface area contributed by atoms with E-state index in [9.17, 15) is 18.0 Å². The van der Waals surface area contributed by atoms with Gasteiger partial charge in [-0.1, -0.05) is 6.07 Å². The zero-order valence-corrected chi connectivity index (χ0v) is 19.0. The number of amides is 1. The summed E-state index contributed by atoms with van der Waals surface area (Å²) >= 11 is 0. The summed E-state index contributed by atoms with van der Waals surface area (Å²) in [6.45, 7) is 1.74. The number of aryl methyl sites for hydroxylation is 2. The van der Waals surface area contributed by atoms with Crippen LogP contribution < -0.4 is 10.2 Å². The van der Waals surface area contributed by atoms with Gasteiger partial charge in [0.25, 0.3) is 0 Å². The minimum atomic E-state index is -3.57. The molecule has 1 amide bonds.